The Morgan fingerprint density at radius 2 is 1.97 bits per heavy atom. The molecule has 2 fully saturated rings. The molecule has 0 unspecified atom stereocenters. The van der Waals surface area contributed by atoms with Crippen LogP contribution in [0.5, 0.6) is 11.5 Å². The molecule has 1 saturated heterocycles. The lowest BCUT2D eigenvalue weighted by atomic mass is 9.49. The standard InChI is InChI=1S/C26H31NO4/c1-3-31-26-12-11-20(28)16-25(26)13-14-27(2)22(26)15-19-9-10-21(24(29)23(19)25)30-17-18-7-5-4-6-8-18/h4-10,22,29H,3,11-17H2,1-2H3/t22-,25-,26+/m0/s1. The molecule has 1 saturated carbocycles. The Morgan fingerprint density at radius 3 is 2.74 bits per heavy atom. The molecule has 2 bridgehead atoms. The molecule has 5 heteroatoms. The second-order valence-electron chi connectivity index (χ2n) is 9.29. The number of hydrogen-bond acceptors (Lipinski definition) is 5. The van der Waals surface area contributed by atoms with Gasteiger partial charge in [-0.25, -0.2) is 0 Å². The molecule has 164 valence electrons. The average Bonchev–Trinajstić information content (AvgIpc) is 2.77. The predicted octanol–water partition coefficient (Wildman–Crippen LogP) is 4.00. The van der Waals surface area contributed by atoms with Crippen LogP contribution in [0.4, 0.5) is 0 Å². The number of fused-ring (bicyclic) bond motifs is 1. The number of piperidine rings is 1. The number of nitrogens with zero attached hydrogens (tertiary/aromatic N) is 1. The lowest BCUT2D eigenvalue weighted by Gasteiger charge is -2.64. The number of aromatic hydroxyl groups is 1. The summed E-state index contributed by atoms with van der Waals surface area (Å²) in [5.41, 5.74) is 2.11. The summed E-state index contributed by atoms with van der Waals surface area (Å²) in [5.74, 6) is 0.939. The van der Waals surface area contributed by atoms with Crippen LogP contribution in [0.3, 0.4) is 0 Å². The SMILES string of the molecule is CCO[C@@]12CCC(=O)C[C@]13CCN(C)[C@H]2Cc1ccc(OCc2ccccc2)c(O)c13. The van der Waals surface area contributed by atoms with Crippen LogP contribution in [0, 0.1) is 0 Å². The van der Waals surface area contributed by atoms with Gasteiger partial charge in [0.1, 0.15) is 12.4 Å². The molecule has 2 aliphatic carbocycles. The highest BCUT2D eigenvalue weighted by molar-refractivity contribution is 5.83. The van der Waals surface area contributed by atoms with E-state index in [1.54, 1.807) is 0 Å². The summed E-state index contributed by atoms with van der Waals surface area (Å²) in [6.07, 6.45) is 3.30. The number of phenolic OH excluding ortho intramolecular Hbond substituents is 1. The number of Topliss-reactive ketones (excluding diaryl/α,β-unsaturated/α-hetero) is 1. The van der Waals surface area contributed by atoms with Crippen molar-refractivity contribution < 1.29 is 19.4 Å². The first kappa shape index (κ1) is 20.5. The molecule has 31 heavy (non-hydrogen) atoms. The van der Waals surface area contributed by atoms with Gasteiger partial charge in [0.15, 0.2) is 11.5 Å². The molecule has 2 aromatic rings. The van der Waals surface area contributed by atoms with Crippen molar-refractivity contribution in [1.82, 2.24) is 4.90 Å². The van der Waals surface area contributed by atoms with Gasteiger partial charge in [-0.15, -0.1) is 0 Å². The lowest BCUT2D eigenvalue weighted by molar-refractivity contribution is -0.194. The third-order valence-corrected chi connectivity index (χ3v) is 7.80. The quantitative estimate of drug-likeness (QED) is 0.791. The Bertz CT molecular complexity index is 990. The molecule has 0 amide bonds. The fourth-order valence-electron chi connectivity index (χ4n) is 6.49. The zero-order chi connectivity index (χ0) is 21.6. The van der Waals surface area contributed by atoms with Crippen LogP contribution in [0.1, 0.15) is 49.3 Å². The maximum Gasteiger partial charge on any atom is 0.161 e. The summed E-state index contributed by atoms with van der Waals surface area (Å²) in [7, 11) is 2.16. The largest absolute Gasteiger partial charge is 0.504 e. The average molecular weight is 422 g/mol. The van der Waals surface area contributed by atoms with Gasteiger partial charge in [-0.3, -0.25) is 4.79 Å². The predicted molar refractivity (Wildman–Crippen MR) is 119 cm³/mol. The number of hydrogen-bond donors (Lipinski definition) is 1. The zero-order valence-corrected chi connectivity index (χ0v) is 18.4. The maximum absolute atomic E-state index is 12.8. The number of benzene rings is 2. The van der Waals surface area contributed by atoms with E-state index in [0.717, 1.165) is 36.1 Å². The summed E-state index contributed by atoms with van der Waals surface area (Å²) in [4.78, 5) is 15.2. The molecular formula is C26H31NO4. The fourth-order valence-corrected chi connectivity index (χ4v) is 6.49. The highest BCUT2D eigenvalue weighted by atomic mass is 16.5. The van der Waals surface area contributed by atoms with Gasteiger partial charge in [0.05, 0.1) is 5.60 Å². The van der Waals surface area contributed by atoms with Gasteiger partial charge in [0.2, 0.25) is 0 Å². The van der Waals surface area contributed by atoms with Gasteiger partial charge in [0, 0.05) is 36.5 Å². The minimum Gasteiger partial charge on any atom is -0.504 e. The Morgan fingerprint density at radius 1 is 1.16 bits per heavy atom. The van der Waals surface area contributed by atoms with E-state index in [0.29, 0.717) is 38.2 Å². The van der Waals surface area contributed by atoms with Crippen LogP contribution < -0.4 is 4.74 Å². The van der Waals surface area contributed by atoms with E-state index in [4.69, 9.17) is 9.47 Å². The number of likely N-dealkylation sites (tertiary alicyclic amines) is 1. The third-order valence-electron chi connectivity index (χ3n) is 7.80. The maximum atomic E-state index is 12.8. The smallest absolute Gasteiger partial charge is 0.161 e. The summed E-state index contributed by atoms with van der Waals surface area (Å²) in [5, 5.41) is 11.5. The molecule has 2 aromatic carbocycles. The second-order valence-corrected chi connectivity index (χ2v) is 9.29. The number of rotatable bonds is 5. The zero-order valence-electron chi connectivity index (χ0n) is 18.4. The van der Waals surface area contributed by atoms with Gasteiger partial charge < -0.3 is 19.5 Å². The third kappa shape index (κ3) is 3.01. The molecule has 5 nitrogen and oxygen atoms in total. The highest BCUT2D eigenvalue weighted by Crippen LogP contribution is 2.61. The van der Waals surface area contributed by atoms with Crippen LogP contribution in [-0.2, 0) is 28.0 Å². The minimum absolute atomic E-state index is 0.190. The van der Waals surface area contributed by atoms with Crippen LogP contribution in [0.2, 0.25) is 0 Å². The van der Waals surface area contributed by atoms with Crippen molar-refractivity contribution in [3.05, 3.63) is 59.2 Å². The van der Waals surface area contributed by atoms with Crippen LogP contribution in [0.25, 0.3) is 0 Å². The number of likely N-dealkylation sites (N-methyl/N-ethyl adjacent to an activating group) is 1. The molecule has 1 N–H and O–H groups in total. The molecule has 0 spiro atoms. The van der Waals surface area contributed by atoms with Gasteiger partial charge in [0.25, 0.3) is 0 Å². The molecule has 1 heterocycles. The number of phenols is 1. The van der Waals surface area contributed by atoms with Crippen molar-refractivity contribution in [2.45, 2.75) is 62.7 Å². The first-order valence-electron chi connectivity index (χ1n) is 11.4. The monoisotopic (exact) mass is 421 g/mol. The van der Waals surface area contributed by atoms with E-state index in [1.165, 1.54) is 0 Å². The highest BCUT2D eigenvalue weighted by Gasteiger charge is 2.66. The minimum atomic E-state index is -0.501. The van der Waals surface area contributed by atoms with Crippen molar-refractivity contribution in [3.8, 4) is 11.5 Å². The van der Waals surface area contributed by atoms with Gasteiger partial charge >= 0.3 is 0 Å². The fraction of sp³-hybridized carbons (Fsp3) is 0.500. The lowest BCUT2D eigenvalue weighted by Crippen LogP contribution is -2.73. The van der Waals surface area contributed by atoms with Gasteiger partial charge in [-0.1, -0.05) is 36.4 Å². The Kier molecular flexibility index (Phi) is 5.06. The molecule has 5 rings (SSSR count). The molecule has 0 aromatic heterocycles. The van der Waals surface area contributed by atoms with E-state index < -0.39 is 11.0 Å². The van der Waals surface area contributed by atoms with Crippen molar-refractivity contribution in [2.75, 3.05) is 20.2 Å². The van der Waals surface area contributed by atoms with Crippen LogP contribution in [-0.4, -0.2) is 47.6 Å². The number of ketones is 1. The molecule has 0 radical (unpaired) electrons. The normalized spacial score (nSPS) is 29.9. The van der Waals surface area contributed by atoms with Crippen LogP contribution >= 0.6 is 0 Å². The van der Waals surface area contributed by atoms with Crippen molar-refractivity contribution in [3.63, 3.8) is 0 Å². The molecule has 3 atom stereocenters. The summed E-state index contributed by atoms with van der Waals surface area (Å²) >= 11 is 0. The first-order valence-corrected chi connectivity index (χ1v) is 11.4. The summed E-state index contributed by atoms with van der Waals surface area (Å²) in [6.45, 7) is 3.91. The van der Waals surface area contributed by atoms with E-state index in [2.05, 4.69) is 18.0 Å². The Labute approximate surface area is 184 Å². The second kappa shape index (κ2) is 7.64. The van der Waals surface area contributed by atoms with Crippen LogP contribution in [0.15, 0.2) is 42.5 Å². The molecule has 3 aliphatic rings. The number of carbonyl (C=O) groups excluding carboxylic acids is 1. The molecular weight excluding hydrogens is 390 g/mol. The van der Waals surface area contributed by atoms with E-state index in [1.807, 2.05) is 43.3 Å². The summed E-state index contributed by atoms with van der Waals surface area (Å²) < 4.78 is 12.6. The van der Waals surface area contributed by atoms with Crippen molar-refractivity contribution in [1.29, 1.82) is 0 Å². The summed E-state index contributed by atoms with van der Waals surface area (Å²) in [6, 6.07) is 14.1. The Balaban J connectivity index is 1.61. The number of carbonyl (C=O) groups is 1. The molecule has 1 aliphatic heterocycles. The van der Waals surface area contributed by atoms with Gasteiger partial charge in [-0.05, 0) is 57.0 Å². The van der Waals surface area contributed by atoms with E-state index >= 15 is 0 Å². The number of ether oxygens (including phenoxy) is 2. The van der Waals surface area contributed by atoms with Gasteiger partial charge in [-0.2, -0.15) is 0 Å². The van der Waals surface area contributed by atoms with Crippen molar-refractivity contribution in [2.24, 2.45) is 0 Å². The van der Waals surface area contributed by atoms with E-state index in [9.17, 15) is 9.90 Å². The first-order chi connectivity index (χ1) is 15.0. The van der Waals surface area contributed by atoms with Crippen molar-refractivity contribution >= 4 is 5.78 Å². The topological polar surface area (TPSA) is 59.0 Å². The van der Waals surface area contributed by atoms with E-state index in [-0.39, 0.29) is 17.6 Å². The Hall–Kier alpha value is -2.37.